The molecule has 2 aliphatic rings. The van der Waals surface area contributed by atoms with Crippen molar-refractivity contribution < 1.29 is 14.6 Å². The summed E-state index contributed by atoms with van der Waals surface area (Å²) in [7, 11) is 1.59. The molecule has 0 spiro atoms. The largest absolute Gasteiger partial charge is 0.481 e. The van der Waals surface area contributed by atoms with E-state index >= 15 is 0 Å². The molecule has 6 heteroatoms. The molecule has 3 rings (SSSR count). The van der Waals surface area contributed by atoms with Crippen molar-refractivity contribution in [1.82, 2.24) is 15.2 Å². The van der Waals surface area contributed by atoms with Gasteiger partial charge in [0.2, 0.25) is 11.8 Å². The minimum atomic E-state index is -0.247. The van der Waals surface area contributed by atoms with Gasteiger partial charge in [0.05, 0.1) is 19.3 Å². The molecule has 0 radical (unpaired) electrons. The van der Waals surface area contributed by atoms with E-state index in [9.17, 15) is 9.90 Å². The lowest BCUT2D eigenvalue weighted by atomic mass is 9.75. The number of carbonyl (C=O) groups excluding carboxylic acids is 1. The van der Waals surface area contributed by atoms with E-state index in [0.717, 1.165) is 31.4 Å². The van der Waals surface area contributed by atoms with Gasteiger partial charge in [-0.3, -0.25) is 4.79 Å². The smallest absolute Gasteiger partial charge is 0.220 e. The van der Waals surface area contributed by atoms with Crippen molar-refractivity contribution in [2.45, 2.75) is 63.5 Å². The summed E-state index contributed by atoms with van der Waals surface area (Å²) >= 11 is 0. The first-order chi connectivity index (χ1) is 13.2. The first-order valence-corrected chi connectivity index (χ1v) is 10.4. The van der Waals surface area contributed by atoms with Crippen molar-refractivity contribution in [2.24, 2.45) is 5.92 Å². The molecule has 1 aromatic rings. The Balaban J connectivity index is 1.50. The Morgan fingerprint density at radius 2 is 2.04 bits per heavy atom. The number of ether oxygens (including phenoxy) is 1. The maximum Gasteiger partial charge on any atom is 0.220 e. The maximum atomic E-state index is 12.5. The van der Waals surface area contributed by atoms with Gasteiger partial charge in [0.25, 0.3) is 0 Å². The first kappa shape index (κ1) is 20.1. The van der Waals surface area contributed by atoms with E-state index in [-0.39, 0.29) is 24.0 Å². The van der Waals surface area contributed by atoms with Crippen LogP contribution in [0, 0.1) is 5.92 Å². The van der Waals surface area contributed by atoms with Crippen molar-refractivity contribution >= 4 is 5.91 Å². The summed E-state index contributed by atoms with van der Waals surface area (Å²) in [5.41, 5.74) is 0.980. The van der Waals surface area contributed by atoms with Gasteiger partial charge in [-0.2, -0.15) is 0 Å². The number of nitrogens with zero attached hydrogens (tertiary/aromatic N) is 2. The number of rotatable bonds is 8. The number of hydrogen-bond acceptors (Lipinski definition) is 5. The van der Waals surface area contributed by atoms with E-state index in [0.29, 0.717) is 12.3 Å². The van der Waals surface area contributed by atoms with Crippen LogP contribution in [-0.4, -0.2) is 53.7 Å². The van der Waals surface area contributed by atoms with Crippen LogP contribution < -0.4 is 10.1 Å². The van der Waals surface area contributed by atoms with E-state index in [1.54, 1.807) is 13.3 Å². The van der Waals surface area contributed by atoms with E-state index in [4.69, 9.17) is 4.74 Å². The Labute approximate surface area is 162 Å². The highest BCUT2D eigenvalue weighted by Gasteiger charge is 2.35. The standard InChI is InChI=1S/C21H33N3O3/c1-27-20-9-8-16(15-22-20)21(17-13-18(25)14-17)23-19(26)7-6-12-24-10-4-2-3-5-11-24/h8-9,15,17-18,21,25H,2-7,10-14H2,1H3,(H,23,26). The monoisotopic (exact) mass is 375 g/mol. The third-order valence-electron chi connectivity index (χ3n) is 5.84. The van der Waals surface area contributed by atoms with Gasteiger partial charge >= 0.3 is 0 Å². The van der Waals surface area contributed by atoms with E-state index in [2.05, 4.69) is 15.2 Å². The lowest BCUT2D eigenvalue weighted by Gasteiger charge is -2.38. The number of aliphatic hydroxyl groups is 1. The lowest BCUT2D eigenvalue weighted by Crippen LogP contribution is -2.41. The molecular formula is C21H33N3O3. The summed E-state index contributed by atoms with van der Waals surface area (Å²) in [6.45, 7) is 3.34. The number of aromatic nitrogens is 1. The highest BCUT2D eigenvalue weighted by molar-refractivity contribution is 5.76. The molecule has 1 saturated carbocycles. The average Bonchev–Trinajstić information content (AvgIpc) is 2.93. The summed E-state index contributed by atoms with van der Waals surface area (Å²) in [6, 6.07) is 3.69. The number of hydrogen-bond donors (Lipinski definition) is 2. The molecule has 2 heterocycles. The van der Waals surface area contributed by atoms with Crippen molar-refractivity contribution in [3.05, 3.63) is 23.9 Å². The number of amides is 1. The molecule has 0 bridgehead atoms. The number of nitrogens with one attached hydrogen (secondary N) is 1. The molecule has 1 amide bonds. The van der Waals surface area contributed by atoms with Crippen LogP contribution in [0.3, 0.4) is 0 Å². The van der Waals surface area contributed by atoms with Crippen molar-refractivity contribution in [1.29, 1.82) is 0 Å². The van der Waals surface area contributed by atoms with E-state index in [1.807, 2.05) is 12.1 Å². The third kappa shape index (κ3) is 5.91. The number of pyridine rings is 1. The summed E-state index contributed by atoms with van der Waals surface area (Å²) < 4.78 is 5.12. The van der Waals surface area contributed by atoms with Crippen molar-refractivity contribution in [2.75, 3.05) is 26.7 Å². The molecule has 1 atom stereocenters. The molecule has 2 N–H and O–H groups in total. The zero-order valence-corrected chi connectivity index (χ0v) is 16.4. The molecule has 1 aliphatic carbocycles. The van der Waals surface area contributed by atoms with Gasteiger partial charge in [0, 0.05) is 18.7 Å². The van der Waals surface area contributed by atoms with E-state index < -0.39 is 0 Å². The highest BCUT2D eigenvalue weighted by Crippen LogP contribution is 2.38. The fourth-order valence-corrected chi connectivity index (χ4v) is 4.14. The molecule has 1 unspecified atom stereocenters. The summed E-state index contributed by atoms with van der Waals surface area (Å²) in [6.07, 6.45) is 9.65. The average molecular weight is 376 g/mol. The Hall–Kier alpha value is -1.66. The maximum absolute atomic E-state index is 12.5. The number of aliphatic hydroxyl groups excluding tert-OH is 1. The Morgan fingerprint density at radius 3 is 2.63 bits per heavy atom. The zero-order chi connectivity index (χ0) is 19.1. The topological polar surface area (TPSA) is 74.7 Å². The second-order valence-electron chi connectivity index (χ2n) is 7.92. The molecule has 1 saturated heterocycles. The van der Waals surface area contributed by atoms with Gasteiger partial charge in [-0.25, -0.2) is 4.98 Å². The van der Waals surface area contributed by atoms with Gasteiger partial charge in [-0.1, -0.05) is 18.9 Å². The van der Waals surface area contributed by atoms with Crippen LogP contribution in [-0.2, 0) is 4.79 Å². The Bertz CT molecular complexity index is 579. The van der Waals surface area contributed by atoms with E-state index in [1.165, 1.54) is 38.8 Å². The highest BCUT2D eigenvalue weighted by atomic mass is 16.5. The molecule has 150 valence electrons. The predicted molar refractivity (Wildman–Crippen MR) is 105 cm³/mol. The van der Waals surface area contributed by atoms with Crippen molar-refractivity contribution in [3.63, 3.8) is 0 Å². The van der Waals surface area contributed by atoms with Crippen LogP contribution in [0.2, 0.25) is 0 Å². The fraction of sp³-hybridized carbons (Fsp3) is 0.714. The Kier molecular flexibility index (Phi) is 7.47. The molecule has 0 aromatic carbocycles. The quantitative estimate of drug-likeness (QED) is 0.731. The molecule has 27 heavy (non-hydrogen) atoms. The summed E-state index contributed by atoms with van der Waals surface area (Å²) in [5.74, 6) is 0.923. The van der Waals surface area contributed by atoms with Crippen LogP contribution in [0.4, 0.5) is 0 Å². The molecule has 1 aromatic heterocycles. The fourth-order valence-electron chi connectivity index (χ4n) is 4.14. The van der Waals surface area contributed by atoms with Gasteiger partial charge in [-0.15, -0.1) is 0 Å². The zero-order valence-electron chi connectivity index (χ0n) is 16.4. The van der Waals surface area contributed by atoms with Gasteiger partial charge in [-0.05, 0) is 63.2 Å². The number of carbonyl (C=O) groups is 1. The van der Waals surface area contributed by atoms with Gasteiger partial charge in [0.15, 0.2) is 0 Å². The second-order valence-corrected chi connectivity index (χ2v) is 7.92. The lowest BCUT2D eigenvalue weighted by molar-refractivity contribution is -0.123. The first-order valence-electron chi connectivity index (χ1n) is 10.4. The number of likely N-dealkylation sites (tertiary alicyclic amines) is 1. The minimum absolute atomic E-state index is 0.0857. The summed E-state index contributed by atoms with van der Waals surface area (Å²) in [4.78, 5) is 19.3. The van der Waals surface area contributed by atoms with Crippen LogP contribution >= 0.6 is 0 Å². The Morgan fingerprint density at radius 1 is 1.30 bits per heavy atom. The molecule has 1 aliphatic heterocycles. The SMILES string of the molecule is COc1ccc(C(NC(=O)CCCN2CCCCCC2)C2CC(O)C2)cn1. The second kappa shape index (κ2) is 10.0. The van der Waals surface area contributed by atoms with Crippen LogP contribution in [0.1, 0.15) is 63.0 Å². The summed E-state index contributed by atoms with van der Waals surface area (Å²) in [5, 5.41) is 12.9. The minimum Gasteiger partial charge on any atom is -0.481 e. The van der Waals surface area contributed by atoms with Gasteiger partial charge in [0.1, 0.15) is 0 Å². The normalized spacial score (nSPS) is 24.5. The van der Waals surface area contributed by atoms with Crippen LogP contribution in [0.5, 0.6) is 5.88 Å². The molecule has 2 fully saturated rings. The molecule has 6 nitrogen and oxygen atoms in total. The number of methoxy groups -OCH3 is 1. The predicted octanol–water partition coefficient (Wildman–Crippen LogP) is 2.67. The third-order valence-corrected chi connectivity index (χ3v) is 5.84. The van der Waals surface area contributed by atoms with Crippen LogP contribution in [0.15, 0.2) is 18.3 Å². The van der Waals surface area contributed by atoms with Crippen molar-refractivity contribution in [3.8, 4) is 5.88 Å². The van der Waals surface area contributed by atoms with Gasteiger partial charge < -0.3 is 20.1 Å². The van der Waals surface area contributed by atoms with Crippen LogP contribution in [0.25, 0.3) is 0 Å². The molecular weight excluding hydrogens is 342 g/mol.